The Morgan fingerprint density at radius 2 is 1.71 bits per heavy atom. The Morgan fingerprint density at radius 3 is 2.39 bits per heavy atom. The SMILES string of the molecule is O=C(Nc1ccc(Oc2ccc(F)cc2)cc1)c1ccc2c(CC(O)CO)c[nH]c2c1. The third-order valence-corrected chi connectivity index (χ3v) is 4.86. The zero-order valence-electron chi connectivity index (χ0n) is 16.5. The lowest BCUT2D eigenvalue weighted by atomic mass is 10.1. The minimum Gasteiger partial charge on any atom is -0.457 e. The summed E-state index contributed by atoms with van der Waals surface area (Å²) in [6.45, 7) is -0.305. The van der Waals surface area contributed by atoms with Crippen LogP contribution in [0.3, 0.4) is 0 Å². The van der Waals surface area contributed by atoms with Crippen LogP contribution in [0.2, 0.25) is 0 Å². The van der Waals surface area contributed by atoms with Gasteiger partial charge in [0.05, 0.1) is 12.7 Å². The molecule has 6 nitrogen and oxygen atoms in total. The molecular formula is C24H21FN2O4. The van der Waals surface area contributed by atoms with Crippen molar-refractivity contribution in [2.45, 2.75) is 12.5 Å². The van der Waals surface area contributed by atoms with Crippen LogP contribution in [0.15, 0.2) is 72.9 Å². The predicted octanol–water partition coefficient (Wildman–Crippen LogP) is 4.25. The van der Waals surface area contributed by atoms with Crippen LogP contribution in [0.25, 0.3) is 10.9 Å². The molecule has 1 heterocycles. The molecular weight excluding hydrogens is 399 g/mol. The van der Waals surface area contributed by atoms with Crippen molar-refractivity contribution >= 4 is 22.5 Å². The lowest BCUT2D eigenvalue weighted by molar-refractivity contribution is 0.0957. The number of ether oxygens (including phenoxy) is 1. The number of hydrogen-bond acceptors (Lipinski definition) is 4. The molecule has 0 aliphatic heterocycles. The molecule has 31 heavy (non-hydrogen) atoms. The van der Waals surface area contributed by atoms with Crippen LogP contribution in [-0.2, 0) is 6.42 Å². The molecule has 4 aromatic rings. The van der Waals surface area contributed by atoms with Gasteiger partial charge in [0.25, 0.3) is 5.91 Å². The minimum absolute atomic E-state index is 0.263. The monoisotopic (exact) mass is 420 g/mol. The zero-order valence-corrected chi connectivity index (χ0v) is 16.5. The average molecular weight is 420 g/mol. The highest BCUT2D eigenvalue weighted by Gasteiger charge is 2.12. The Morgan fingerprint density at radius 1 is 1.03 bits per heavy atom. The van der Waals surface area contributed by atoms with E-state index in [1.807, 2.05) is 6.07 Å². The first-order valence-corrected chi connectivity index (χ1v) is 9.75. The van der Waals surface area contributed by atoms with Gasteiger partial charge in [-0.2, -0.15) is 0 Å². The van der Waals surface area contributed by atoms with Gasteiger partial charge in [0.15, 0.2) is 0 Å². The molecule has 0 spiro atoms. The number of halogens is 1. The number of carbonyl (C=O) groups is 1. The number of aliphatic hydroxyl groups excluding tert-OH is 2. The standard InChI is InChI=1S/C24H21FN2O4/c25-17-2-6-20(7-3-17)31-21-8-4-18(5-9-21)27-24(30)15-1-10-22-16(11-19(29)14-28)13-26-23(22)12-15/h1-10,12-13,19,26,28-29H,11,14H2,(H,27,30). The number of rotatable bonds is 7. The summed E-state index contributed by atoms with van der Waals surface area (Å²) in [6, 6.07) is 17.9. The van der Waals surface area contributed by atoms with E-state index in [2.05, 4.69) is 10.3 Å². The second kappa shape index (κ2) is 8.99. The number of aromatic amines is 1. The van der Waals surface area contributed by atoms with Gasteiger partial charge < -0.3 is 25.3 Å². The summed E-state index contributed by atoms with van der Waals surface area (Å²) in [5.41, 5.74) is 2.74. The fourth-order valence-corrected chi connectivity index (χ4v) is 3.26. The highest BCUT2D eigenvalue weighted by molar-refractivity contribution is 6.06. The van der Waals surface area contributed by atoms with E-state index < -0.39 is 6.10 Å². The maximum atomic E-state index is 13.0. The maximum absolute atomic E-state index is 13.0. The lowest BCUT2D eigenvalue weighted by Crippen LogP contribution is -2.14. The minimum atomic E-state index is -0.822. The van der Waals surface area contributed by atoms with E-state index in [0.29, 0.717) is 29.2 Å². The molecule has 7 heteroatoms. The number of amides is 1. The molecule has 1 amide bonds. The molecule has 0 radical (unpaired) electrons. The van der Waals surface area contributed by atoms with Gasteiger partial charge in [0.1, 0.15) is 17.3 Å². The molecule has 0 saturated heterocycles. The van der Waals surface area contributed by atoms with Gasteiger partial charge in [-0.3, -0.25) is 4.79 Å². The molecule has 0 aliphatic rings. The van der Waals surface area contributed by atoms with E-state index in [9.17, 15) is 14.3 Å². The molecule has 0 aliphatic carbocycles. The Balaban J connectivity index is 1.42. The van der Waals surface area contributed by atoms with Crippen molar-refractivity contribution in [3.05, 3.63) is 89.9 Å². The van der Waals surface area contributed by atoms with Gasteiger partial charge in [0, 0.05) is 34.8 Å². The van der Waals surface area contributed by atoms with Crippen LogP contribution in [0.1, 0.15) is 15.9 Å². The smallest absolute Gasteiger partial charge is 0.255 e. The van der Waals surface area contributed by atoms with Crippen LogP contribution in [0, 0.1) is 5.82 Å². The second-order valence-corrected chi connectivity index (χ2v) is 7.15. The van der Waals surface area contributed by atoms with E-state index in [4.69, 9.17) is 9.84 Å². The van der Waals surface area contributed by atoms with E-state index in [-0.39, 0.29) is 18.3 Å². The maximum Gasteiger partial charge on any atom is 0.255 e. The average Bonchev–Trinajstić information content (AvgIpc) is 3.18. The lowest BCUT2D eigenvalue weighted by Gasteiger charge is -2.09. The fraction of sp³-hybridized carbons (Fsp3) is 0.125. The molecule has 4 rings (SSSR count). The summed E-state index contributed by atoms with van der Waals surface area (Å²) in [7, 11) is 0. The van der Waals surface area contributed by atoms with Gasteiger partial charge in [-0.05, 0) is 66.2 Å². The molecule has 0 bridgehead atoms. The van der Waals surface area contributed by atoms with E-state index in [1.54, 1.807) is 42.6 Å². The number of aliphatic hydroxyl groups is 2. The zero-order chi connectivity index (χ0) is 21.8. The first kappa shape index (κ1) is 20.6. The molecule has 0 saturated carbocycles. The third-order valence-electron chi connectivity index (χ3n) is 4.86. The van der Waals surface area contributed by atoms with Crippen LogP contribution < -0.4 is 10.1 Å². The van der Waals surface area contributed by atoms with Crippen LogP contribution in [-0.4, -0.2) is 33.8 Å². The quantitative estimate of drug-likeness (QED) is 0.360. The molecule has 158 valence electrons. The molecule has 1 aromatic heterocycles. The number of H-pyrrole nitrogens is 1. The summed E-state index contributed by atoms with van der Waals surface area (Å²) in [5, 5.41) is 22.4. The van der Waals surface area contributed by atoms with E-state index in [0.717, 1.165) is 16.5 Å². The van der Waals surface area contributed by atoms with Crippen LogP contribution >= 0.6 is 0 Å². The number of benzene rings is 3. The fourth-order valence-electron chi connectivity index (χ4n) is 3.26. The van der Waals surface area contributed by atoms with Gasteiger partial charge in [-0.1, -0.05) is 6.07 Å². The van der Waals surface area contributed by atoms with Crippen molar-refractivity contribution in [1.29, 1.82) is 0 Å². The van der Waals surface area contributed by atoms with Gasteiger partial charge >= 0.3 is 0 Å². The normalized spacial score (nSPS) is 12.0. The van der Waals surface area contributed by atoms with Crippen molar-refractivity contribution < 1.29 is 24.1 Å². The number of hydrogen-bond donors (Lipinski definition) is 4. The van der Waals surface area contributed by atoms with Crippen molar-refractivity contribution in [3.63, 3.8) is 0 Å². The van der Waals surface area contributed by atoms with Crippen LogP contribution in [0.5, 0.6) is 11.5 Å². The first-order chi connectivity index (χ1) is 15.0. The van der Waals surface area contributed by atoms with Gasteiger partial charge in [-0.15, -0.1) is 0 Å². The number of fused-ring (bicyclic) bond motifs is 1. The third kappa shape index (κ3) is 4.91. The molecule has 4 N–H and O–H groups in total. The van der Waals surface area contributed by atoms with Crippen molar-refractivity contribution in [2.75, 3.05) is 11.9 Å². The Kier molecular flexibility index (Phi) is 5.97. The molecule has 0 fully saturated rings. The van der Waals surface area contributed by atoms with E-state index in [1.165, 1.54) is 24.3 Å². The predicted molar refractivity (Wildman–Crippen MR) is 116 cm³/mol. The summed E-state index contributed by atoms with van der Waals surface area (Å²) in [4.78, 5) is 15.7. The summed E-state index contributed by atoms with van der Waals surface area (Å²) >= 11 is 0. The molecule has 1 atom stereocenters. The molecule has 1 unspecified atom stereocenters. The topological polar surface area (TPSA) is 94.6 Å². The Labute approximate surface area is 177 Å². The number of nitrogens with one attached hydrogen (secondary N) is 2. The highest BCUT2D eigenvalue weighted by atomic mass is 19.1. The second-order valence-electron chi connectivity index (χ2n) is 7.15. The highest BCUT2D eigenvalue weighted by Crippen LogP contribution is 2.24. The largest absolute Gasteiger partial charge is 0.457 e. The number of anilines is 1. The van der Waals surface area contributed by atoms with Crippen molar-refractivity contribution in [3.8, 4) is 11.5 Å². The Bertz CT molecular complexity index is 1190. The molecule has 3 aromatic carbocycles. The summed E-state index contributed by atoms with van der Waals surface area (Å²) in [6.07, 6.45) is 1.27. The van der Waals surface area contributed by atoms with Crippen molar-refractivity contribution in [2.24, 2.45) is 0 Å². The first-order valence-electron chi connectivity index (χ1n) is 9.75. The van der Waals surface area contributed by atoms with Gasteiger partial charge in [0.2, 0.25) is 0 Å². The summed E-state index contributed by atoms with van der Waals surface area (Å²) in [5.74, 6) is 0.487. The number of carbonyl (C=O) groups excluding carboxylic acids is 1. The summed E-state index contributed by atoms with van der Waals surface area (Å²) < 4.78 is 18.6. The van der Waals surface area contributed by atoms with E-state index >= 15 is 0 Å². The van der Waals surface area contributed by atoms with Gasteiger partial charge in [-0.25, -0.2) is 4.39 Å². The van der Waals surface area contributed by atoms with Crippen LogP contribution in [0.4, 0.5) is 10.1 Å². The Hall–Kier alpha value is -3.68. The van der Waals surface area contributed by atoms with Crippen molar-refractivity contribution in [1.82, 2.24) is 4.98 Å². The number of aromatic nitrogens is 1.